The quantitative estimate of drug-likeness (QED) is 0.159. The number of ketones is 1. The third-order valence-electron chi connectivity index (χ3n) is 5.84. The number of amides is 3. The zero-order valence-corrected chi connectivity index (χ0v) is 21.9. The van der Waals surface area contributed by atoms with Gasteiger partial charge in [0.05, 0.1) is 5.56 Å². The summed E-state index contributed by atoms with van der Waals surface area (Å²) in [5.41, 5.74) is 4.18. The summed E-state index contributed by atoms with van der Waals surface area (Å²) in [7, 11) is 0. The smallest absolute Gasteiger partial charge is 0.426 e. The van der Waals surface area contributed by atoms with Gasteiger partial charge in [0.25, 0.3) is 0 Å². The number of phenolic OH excluding ortho intramolecular Hbond substituents is 1. The minimum atomic E-state index is -1.02. The molecule has 0 radical (unpaired) electrons. The molecule has 5 N–H and O–H groups in total. The largest absolute Gasteiger partial charge is 0.507 e. The van der Waals surface area contributed by atoms with Crippen LogP contribution in [0.2, 0.25) is 0 Å². The summed E-state index contributed by atoms with van der Waals surface area (Å²) in [4.78, 5) is 48.6. The van der Waals surface area contributed by atoms with Crippen molar-refractivity contribution in [3.05, 3.63) is 59.7 Å². The van der Waals surface area contributed by atoms with E-state index in [0.717, 1.165) is 0 Å². The van der Waals surface area contributed by atoms with Crippen molar-refractivity contribution >= 4 is 23.7 Å². The van der Waals surface area contributed by atoms with E-state index in [1.54, 1.807) is 30.3 Å². The van der Waals surface area contributed by atoms with Crippen LogP contribution in [0.1, 0.15) is 56.5 Å². The second-order valence-electron chi connectivity index (χ2n) is 10.4. The molecule has 1 saturated heterocycles. The van der Waals surface area contributed by atoms with Crippen LogP contribution in [0.25, 0.3) is 0 Å². The van der Waals surface area contributed by atoms with Crippen molar-refractivity contribution in [2.24, 2.45) is 0 Å². The molecule has 2 aromatic carbocycles. The normalized spacial score (nSPS) is 16.1. The predicted octanol–water partition coefficient (Wildman–Crippen LogP) is 2.18. The number of benzene rings is 2. The van der Waals surface area contributed by atoms with Crippen LogP contribution in [0.5, 0.6) is 11.5 Å². The molecular weight excluding hydrogens is 492 g/mol. The van der Waals surface area contributed by atoms with E-state index in [-0.39, 0.29) is 53.2 Å². The highest BCUT2D eigenvalue weighted by Gasteiger charge is 2.38. The zero-order chi connectivity index (χ0) is 27.9. The molecule has 0 saturated carbocycles. The summed E-state index contributed by atoms with van der Waals surface area (Å²) in [6.45, 7) is 7.86. The van der Waals surface area contributed by atoms with E-state index in [1.807, 2.05) is 38.5 Å². The fourth-order valence-corrected chi connectivity index (χ4v) is 4.71. The number of hydrogen-bond donors (Lipinski definition) is 5. The number of carbonyl (C=O) groups excluding carboxylic acids is 4. The Bertz CT molecular complexity index is 1170. The van der Waals surface area contributed by atoms with Gasteiger partial charge in [0, 0.05) is 28.7 Å². The number of hydrazine groups is 1. The Morgan fingerprint density at radius 3 is 2.21 bits per heavy atom. The van der Waals surface area contributed by atoms with Crippen molar-refractivity contribution in [1.82, 2.24) is 21.5 Å². The highest BCUT2D eigenvalue weighted by Crippen LogP contribution is 2.28. The summed E-state index contributed by atoms with van der Waals surface area (Å²) < 4.78 is 10.3. The average molecular weight is 527 g/mol. The highest BCUT2D eigenvalue weighted by atomic mass is 16.6. The lowest BCUT2D eigenvalue weighted by Gasteiger charge is -2.46. The maximum absolute atomic E-state index is 12.5. The summed E-state index contributed by atoms with van der Waals surface area (Å²) in [6.07, 6.45) is 0.314. The second kappa shape index (κ2) is 12.0. The van der Waals surface area contributed by atoms with E-state index in [2.05, 4.69) is 10.6 Å². The fraction of sp³-hybridized carbons (Fsp3) is 0.407. The third-order valence-corrected chi connectivity index (χ3v) is 5.84. The van der Waals surface area contributed by atoms with E-state index in [4.69, 9.17) is 9.47 Å². The first kappa shape index (κ1) is 28.5. The van der Waals surface area contributed by atoms with Gasteiger partial charge in [-0.05, 0) is 52.7 Å². The van der Waals surface area contributed by atoms with E-state index < -0.39 is 17.9 Å². The monoisotopic (exact) mass is 526 g/mol. The first-order chi connectivity index (χ1) is 17.8. The van der Waals surface area contributed by atoms with E-state index >= 15 is 0 Å². The molecule has 0 atom stereocenters. The van der Waals surface area contributed by atoms with Crippen molar-refractivity contribution in [3.63, 3.8) is 0 Å². The van der Waals surface area contributed by atoms with Crippen LogP contribution >= 0.6 is 0 Å². The van der Waals surface area contributed by atoms with Gasteiger partial charge < -0.3 is 25.2 Å². The van der Waals surface area contributed by atoms with E-state index in [9.17, 15) is 24.3 Å². The molecule has 11 heteroatoms. The molecule has 3 rings (SSSR count). The topological polar surface area (TPSA) is 155 Å². The molecule has 3 amide bonds. The van der Waals surface area contributed by atoms with E-state index in [0.29, 0.717) is 18.4 Å². The van der Waals surface area contributed by atoms with Gasteiger partial charge in [0.1, 0.15) is 24.7 Å². The van der Waals surface area contributed by atoms with Crippen molar-refractivity contribution in [3.8, 4) is 11.5 Å². The van der Waals surface area contributed by atoms with Crippen LogP contribution in [0.4, 0.5) is 4.79 Å². The van der Waals surface area contributed by atoms with Gasteiger partial charge in [0.2, 0.25) is 0 Å². The minimum Gasteiger partial charge on any atom is -0.507 e. The van der Waals surface area contributed by atoms with Crippen LogP contribution in [0.3, 0.4) is 0 Å². The van der Waals surface area contributed by atoms with Gasteiger partial charge in [-0.25, -0.2) is 10.2 Å². The predicted molar refractivity (Wildman–Crippen MR) is 139 cm³/mol. The van der Waals surface area contributed by atoms with Gasteiger partial charge in [-0.1, -0.05) is 30.3 Å². The Morgan fingerprint density at radius 1 is 0.921 bits per heavy atom. The molecule has 11 nitrogen and oxygen atoms in total. The molecule has 1 fully saturated rings. The summed E-state index contributed by atoms with van der Waals surface area (Å²) >= 11 is 0. The third kappa shape index (κ3) is 8.20. The molecule has 0 unspecified atom stereocenters. The molecule has 1 aliphatic rings. The molecular formula is C27H34N4O7. The standard InChI is InChI=1S/C27H34N4O7/c1-26(2)15-18(16-27(3,4)31-26)28-23(34)24(35)29-30-25(36)38-13-12-37-19-10-11-20(21(32)14-19)22(33)17-8-6-5-7-9-17/h5-11,14,18,31-32H,12-13,15-16H2,1-4H3,(H,28,34)(H,29,35)(H,30,36). The number of nitrogens with one attached hydrogen (secondary N) is 4. The van der Waals surface area contributed by atoms with Crippen LogP contribution < -0.4 is 26.2 Å². The Kier molecular flexibility index (Phi) is 8.95. The minimum absolute atomic E-state index is 0.0610. The number of aromatic hydroxyl groups is 1. The molecule has 0 bridgehead atoms. The second-order valence-corrected chi connectivity index (χ2v) is 10.4. The molecule has 0 aromatic heterocycles. The first-order valence-electron chi connectivity index (χ1n) is 12.2. The van der Waals surface area contributed by atoms with Crippen LogP contribution in [-0.2, 0) is 14.3 Å². The molecule has 204 valence electrons. The summed E-state index contributed by atoms with van der Waals surface area (Å²) in [5.74, 6) is -2.18. The van der Waals surface area contributed by atoms with Gasteiger partial charge in [0.15, 0.2) is 5.78 Å². The Morgan fingerprint density at radius 2 is 1.58 bits per heavy atom. The molecule has 38 heavy (non-hydrogen) atoms. The van der Waals surface area contributed by atoms with Gasteiger partial charge in [-0.2, -0.15) is 0 Å². The Labute approximate surface area is 221 Å². The van der Waals surface area contributed by atoms with Crippen molar-refractivity contribution in [2.75, 3.05) is 13.2 Å². The van der Waals surface area contributed by atoms with E-state index in [1.165, 1.54) is 18.2 Å². The lowest BCUT2D eigenvalue weighted by Crippen LogP contribution is -2.63. The molecule has 1 heterocycles. The maximum Gasteiger partial charge on any atom is 0.426 e. The van der Waals surface area contributed by atoms with Crippen molar-refractivity contribution in [1.29, 1.82) is 0 Å². The zero-order valence-electron chi connectivity index (χ0n) is 21.9. The van der Waals surface area contributed by atoms with Crippen LogP contribution in [0, 0.1) is 0 Å². The van der Waals surface area contributed by atoms with Gasteiger partial charge in [-0.15, -0.1) is 0 Å². The molecule has 2 aromatic rings. The van der Waals surface area contributed by atoms with Gasteiger partial charge >= 0.3 is 17.9 Å². The number of ether oxygens (including phenoxy) is 2. The average Bonchev–Trinajstić information content (AvgIpc) is 2.83. The summed E-state index contributed by atoms with van der Waals surface area (Å²) in [5, 5.41) is 16.4. The number of piperidine rings is 1. The van der Waals surface area contributed by atoms with Crippen LogP contribution in [-0.4, -0.2) is 59.1 Å². The molecule has 0 aliphatic carbocycles. The van der Waals surface area contributed by atoms with Crippen LogP contribution in [0.15, 0.2) is 48.5 Å². The number of carbonyl (C=O) groups is 4. The van der Waals surface area contributed by atoms with Gasteiger partial charge in [-0.3, -0.25) is 19.8 Å². The molecule has 1 aliphatic heterocycles. The van der Waals surface area contributed by atoms with Crippen molar-refractivity contribution < 1.29 is 33.8 Å². The Balaban J connectivity index is 1.37. The summed E-state index contributed by atoms with van der Waals surface area (Å²) in [6, 6.07) is 12.6. The number of phenols is 1. The highest BCUT2D eigenvalue weighted by molar-refractivity contribution is 6.35. The SMILES string of the molecule is CC1(C)CC(NC(=O)C(=O)NNC(=O)OCCOc2ccc(C(=O)c3ccccc3)c(O)c2)CC(C)(C)N1. The Hall–Kier alpha value is -4.12. The lowest BCUT2D eigenvalue weighted by atomic mass is 9.79. The number of hydrogen-bond acceptors (Lipinski definition) is 8. The maximum atomic E-state index is 12.5. The first-order valence-corrected chi connectivity index (χ1v) is 12.2. The fourth-order valence-electron chi connectivity index (χ4n) is 4.71. The lowest BCUT2D eigenvalue weighted by molar-refractivity contribution is -0.140. The van der Waals surface area contributed by atoms with Crippen molar-refractivity contribution in [2.45, 2.75) is 57.7 Å². The number of rotatable bonds is 7. The molecule has 0 spiro atoms.